The van der Waals surface area contributed by atoms with Crippen molar-refractivity contribution in [1.29, 1.82) is 0 Å². The average Bonchev–Trinajstić information content (AvgIpc) is 3.28. The third-order valence-electron chi connectivity index (χ3n) is 4.20. The van der Waals surface area contributed by atoms with E-state index >= 15 is 0 Å². The monoisotopic (exact) mass is 401 g/mol. The molecule has 2 aromatic heterocycles. The number of nitrogens with zero attached hydrogens (tertiary/aromatic N) is 3. The molecule has 1 aliphatic heterocycles. The SMILES string of the molecule is CN(C)c1ncc(/C=C/c2nc3ccc(OC4COC(C)(C)OC4)cc3o2)s1. The highest BCUT2D eigenvalue weighted by atomic mass is 32.1. The number of fused-ring (bicyclic) bond motifs is 1. The van der Waals surface area contributed by atoms with E-state index in [0.717, 1.165) is 15.5 Å². The summed E-state index contributed by atoms with van der Waals surface area (Å²) >= 11 is 1.60. The second-order valence-electron chi connectivity index (χ2n) is 7.22. The maximum absolute atomic E-state index is 5.95. The summed E-state index contributed by atoms with van der Waals surface area (Å²) in [5.41, 5.74) is 1.45. The molecule has 7 nitrogen and oxygen atoms in total. The summed E-state index contributed by atoms with van der Waals surface area (Å²) < 4.78 is 23.1. The Kier molecular flexibility index (Phi) is 5.09. The predicted molar refractivity (Wildman–Crippen MR) is 110 cm³/mol. The Hall–Kier alpha value is -2.42. The van der Waals surface area contributed by atoms with Crippen LogP contribution in [0.3, 0.4) is 0 Å². The number of hydrogen-bond donors (Lipinski definition) is 0. The van der Waals surface area contributed by atoms with E-state index < -0.39 is 5.79 Å². The maximum Gasteiger partial charge on any atom is 0.220 e. The first-order chi connectivity index (χ1) is 13.4. The van der Waals surface area contributed by atoms with Crippen molar-refractivity contribution < 1.29 is 18.6 Å². The number of aromatic nitrogens is 2. The second-order valence-corrected chi connectivity index (χ2v) is 8.26. The van der Waals surface area contributed by atoms with Crippen LogP contribution in [0.2, 0.25) is 0 Å². The van der Waals surface area contributed by atoms with E-state index in [1.807, 2.05) is 69.4 Å². The van der Waals surface area contributed by atoms with Crippen LogP contribution in [0.5, 0.6) is 5.75 Å². The largest absolute Gasteiger partial charge is 0.485 e. The molecule has 0 radical (unpaired) electrons. The molecule has 0 spiro atoms. The predicted octanol–water partition coefficient (Wildman–Crippen LogP) is 4.05. The van der Waals surface area contributed by atoms with E-state index in [-0.39, 0.29) is 6.10 Å². The van der Waals surface area contributed by atoms with Gasteiger partial charge in [0.25, 0.3) is 0 Å². The van der Waals surface area contributed by atoms with Gasteiger partial charge in [-0.15, -0.1) is 0 Å². The summed E-state index contributed by atoms with van der Waals surface area (Å²) in [4.78, 5) is 11.9. The molecule has 28 heavy (non-hydrogen) atoms. The van der Waals surface area contributed by atoms with Gasteiger partial charge in [0.2, 0.25) is 5.89 Å². The van der Waals surface area contributed by atoms with Gasteiger partial charge in [-0.1, -0.05) is 11.3 Å². The summed E-state index contributed by atoms with van der Waals surface area (Å²) in [5.74, 6) is 0.689. The number of thiazole rings is 1. The fraction of sp³-hybridized carbons (Fsp3) is 0.400. The molecule has 1 aromatic carbocycles. The van der Waals surface area contributed by atoms with Crippen LogP contribution < -0.4 is 9.64 Å². The smallest absolute Gasteiger partial charge is 0.220 e. The molecule has 0 aliphatic carbocycles. The van der Waals surface area contributed by atoms with Gasteiger partial charge in [-0.05, 0) is 32.1 Å². The number of oxazole rings is 1. The zero-order valence-corrected chi connectivity index (χ0v) is 17.2. The second kappa shape index (κ2) is 7.54. The van der Waals surface area contributed by atoms with Crippen LogP contribution in [0.15, 0.2) is 28.8 Å². The number of benzene rings is 1. The molecule has 0 atom stereocenters. The van der Waals surface area contributed by atoms with Crippen LogP contribution >= 0.6 is 11.3 Å². The maximum atomic E-state index is 5.95. The lowest BCUT2D eigenvalue weighted by atomic mass is 10.3. The summed E-state index contributed by atoms with van der Waals surface area (Å²) in [5, 5.41) is 0.957. The van der Waals surface area contributed by atoms with Gasteiger partial charge >= 0.3 is 0 Å². The van der Waals surface area contributed by atoms with E-state index in [0.29, 0.717) is 30.4 Å². The molecule has 1 saturated heterocycles. The van der Waals surface area contributed by atoms with Gasteiger partial charge in [0.15, 0.2) is 16.5 Å². The van der Waals surface area contributed by atoms with Gasteiger partial charge < -0.3 is 23.5 Å². The fourth-order valence-corrected chi connectivity index (χ4v) is 3.46. The van der Waals surface area contributed by atoms with Gasteiger partial charge in [-0.3, -0.25) is 0 Å². The number of rotatable bonds is 5. The van der Waals surface area contributed by atoms with Crippen LogP contribution in [0.25, 0.3) is 23.3 Å². The van der Waals surface area contributed by atoms with Crippen molar-refractivity contribution >= 4 is 39.7 Å². The average molecular weight is 401 g/mol. The van der Waals surface area contributed by atoms with E-state index in [2.05, 4.69) is 9.97 Å². The molecule has 148 valence electrons. The van der Waals surface area contributed by atoms with Crippen LogP contribution in [0, 0.1) is 0 Å². The molecule has 0 unspecified atom stereocenters. The molecule has 0 N–H and O–H groups in total. The standard InChI is InChI=1S/C20H23N3O4S/c1-20(2)24-11-14(12-25-20)26-13-5-7-16-17(9-13)27-18(22-16)8-6-15-10-21-19(28-15)23(3)4/h5-10,14H,11-12H2,1-4H3/b8-6+. The third-order valence-corrected chi connectivity index (χ3v) is 5.33. The van der Waals surface area contributed by atoms with Crippen molar-refractivity contribution in [3.63, 3.8) is 0 Å². The Morgan fingerprint density at radius 2 is 2.00 bits per heavy atom. The van der Waals surface area contributed by atoms with Crippen LogP contribution in [-0.2, 0) is 9.47 Å². The topological polar surface area (TPSA) is 69.9 Å². The summed E-state index contributed by atoms with van der Waals surface area (Å²) in [6.45, 7) is 4.76. The van der Waals surface area contributed by atoms with Crippen molar-refractivity contribution in [2.24, 2.45) is 0 Å². The quantitative estimate of drug-likeness (QED) is 0.639. The minimum absolute atomic E-state index is 0.148. The third kappa shape index (κ3) is 4.35. The Balaban J connectivity index is 1.45. The Bertz CT molecular complexity index is 982. The van der Waals surface area contributed by atoms with E-state index in [1.165, 1.54) is 0 Å². The Morgan fingerprint density at radius 3 is 2.71 bits per heavy atom. The van der Waals surface area contributed by atoms with E-state index in [4.69, 9.17) is 18.6 Å². The molecule has 0 amide bonds. The highest BCUT2D eigenvalue weighted by Crippen LogP contribution is 2.26. The molecule has 4 rings (SSSR count). The normalized spacial score (nSPS) is 17.4. The molecule has 1 fully saturated rings. The Labute approximate surface area is 167 Å². The van der Waals surface area contributed by atoms with Crippen molar-refractivity contribution in [1.82, 2.24) is 9.97 Å². The summed E-state index contributed by atoms with van der Waals surface area (Å²) in [7, 11) is 3.94. The molecule has 8 heteroatoms. The first-order valence-corrected chi connectivity index (χ1v) is 9.86. The van der Waals surface area contributed by atoms with Crippen molar-refractivity contribution in [2.45, 2.75) is 25.7 Å². The highest BCUT2D eigenvalue weighted by molar-refractivity contribution is 7.16. The molecule has 3 aromatic rings. The van der Waals surface area contributed by atoms with E-state index in [1.54, 1.807) is 11.3 Å². The van der Waals surface area contributed by atoms with Gasteiger partial charge in [-0.25, -0.2) is 9.97 Å². The van der Waals surface area contributed by atoms with Crippen LogP contribution in [-0.4, -0.2) is 49.2 Å². The van der Waals surface area contributed by atoms with Crippen molar-refractivity contribution in [3.05, 3.63) is 35.2 Å². The first-order valence-electron chi connectivity index (χ1n) is 9.04. The lowest BCUT2D eigenvalue weighted by Gasteiger charge is -2.34. The van der Waals surface area contributed by atoms with Gasteiger partial charge in [-0.2, -0.15) is 0 Å². The van der Waals surface area contributed by atoms with Crippen molar-refractivity contribution in [3.8, 4) is 5.75 Å². The summed E-state index contributed by atoms with van der Waals surface area (Å²) in [6, 6.07) is 5.61. The highest BCUT2D eigenvalue weighted by Gasteiger charge is 2.29. The number of hydrogen-bond acceptors (Lipinski definition) is 8. The minimum atomic E-state index is -0.554. The van der Waals surface area contributed by atoms with Crippen LogP contribution in [0.4, 0.5) is 5.13 Å². The van der Waals surface area contributed by atoms with Crippen molar-refractivity contribution in [2.75, 3.05) is 32.2 Å². The minimum Gasteiger partial charge on any atom is -0.485 e. The molecule has 1 aliphatic rings. The molecule has 3 heterocycles. The molecular formula is C20H23N3O4S. The van der Waals surface area contributed by atoms with E-state index in [9.17, 15) is 0 Å². The first kappa shape index (κ1) is 18.9. The zero-order chi connectivity index (χ0) is 19.7. The van der Waals surface area contributed by atoms with Gasteiger partial charge in [0, 0.05) is 37.3 Å². The lowest BCUT2D eigenvalue weighted by Crippen LogP contribution is -2.44. The summed E-state index contributed by atoms with van der Waals surface area (Å²) in [6.07, 6.45) is 5.48. The number of ether oxygens (including phenoxy) is 3. The Morgan fingerprint density at radius 1 is 1.21 bits per heavy atom. The molecular weight excluding hydrogens is 378 g/mol. The molecule has 0 saturated carbocycles. The number of anilines is 1. The molecule has 0 bridgehead atoms. The fourth-order valence-electron chi connectivity index (χ4n) is 2.72. The van der Waals surface area contributed by atoms with Crippen LogP contribution in [0.1, 0.15) is 24.6 Å². The zero-order valence-electron chi connectivity index (χ0n) is 16.3. The van der Waals surface area contributed by atoms with Gasteiger partial charge in [0.05, 0.1) is 13.2 Å². The van der Waals surface area contributed by atoms with Gasteiger partial charge in [0.1, 0.15) is 17.4 Å². The lowest BCUT2D eigenvalue weighted by molar-refractivity contribution is -0.268.